The summed E-state index contributed by atoms with van der Waals surface area (Å²) in [6, 6.07) is 0. The Balaban J connectivity index is 1.99. The van der Waals surface area contributed by atoms with Crippen LogP contribution in [0.25, 0.3) is 0 Å². The lowest BCUT2D eigenvalue weighted by Crippen LogP contribution is -2.65. The SMILES string of the molecule is CC1=C[C@]23C(=O)C(C=C(CO)[C@@H](O)[C@]2(O)[C@H]1O)[C@H]1[C@@H](C[C@H]3C)C1(C)C. The van der Waals surface area contributed by atoms with Crippen LogP contribution in [0.3, 0.4) is 0 Å². The number of carbonyl (C=O) groups excluding carboxylic acids is 1. The zero-order valence-electron chi connectivity index (χ0n) is 15.2. The molecule has 0 aliphatic heterocycles. The number of fused-ring (bicyclic) bond motifs is 3. The summed E-state index contributed by atoms with van der Waals surface area (Å²) in [4.78, 5) is 13.7. The number of rotatable bonds is 1. The fourth-order valence-corrected chi connectivity index (χ4v) is 6.43. The molecule has 5 heteroatoms. The van der Waals surface area contributed by atoms with Gasteiger partial charge in [-0.3, -0.25) is 4.79 Å². The molecule has 5 nitrogen and oxygen atoms in total. The predicted molar refractivity (Wildman–Crippen MR) is 91.4 cm³/mol. The molecule has 0 aromatic heterocycles. The fraction of sp³-hybridized carbons (Fsp3) is 0.750. The molecule has 2 fully saturated rings. The number of hydrogen-bond donors (Lipinski definition) is 4. The molecule has 0 radical (unpaired) electrons. The minimum Gasteiger partial charge on any atom is -0.392 e. The summed E-state index contributed by atoms with van der Waals surface area (Å²) in [5.41, 5.74) is -2.58. The van der Waals surface area contributed by atoms with Crippen molar-refractivity contribution in [3.63, 3.8) is 0 Å². The standard InChI is InChI=1S/C20H28O5/c1-9-7-19-10(2)5-13-14(18(13,3)4)12(17(19)24)6-11(8-21)16(23)20(19,25)15(9)22/h6-7,10,12-16,21-23,25H,5,8H2,1-4H3/t10-,12?,13-,14+,15+,16-,19+,20-/m1/s1. The molecule has 0 amide bonds. The quantitative estimate of drug-likeness (QED) is 0.526. The molecular formula is C20H28O5. The van der Waals surface area contributed by atoms with Gasteiger partial charge in [0.15, 0.2) is 5.78 Å². The largest absolute Gasteiger partial charge is 0.392 e. The number of allylic oxidation sites excluding steroid dienone is 1. The van der Waals surface area contributed by atoms with Crippen molar-refractivity contribution < 1.29 is 25.2 Å². The lowest BCUT2D eigenvalue weighted by Gasteiger charge is -2.48. The van der Waals surface area contributed by atoms with E-state index < -0.39 is 35.7 Å². The first-order chi connectivity index (χ1) is 11.5. The van der Waals surface area contributed by atoms with E-state index in [4.69, 9.17) is 0 Å². The van der Waals surface area contributed by atoms with E-state index in [1.54, 1.807) is 19.1 Å². The average molecular weight is 348 g/mol. The number of carbonyl (C=O) groups is 1. The Labute approximate surface area is 148 Å². The van der Waals surface area contributed by atoms with Gasteiger partial charge in [-0.2, -0.15) is 0 Å². The molecule has 0 heterocycles. The van der Waals surface area contributed by atoms with Crippen LogP contribution in [-0.2, 0) is 4.79 Å². The van der Waals surface area contributed by atoms with Crippen LogP contribution in [-0.4, -0.2) is 50.6 Å². The molecule has 0 aromatic carbocycles. The number of aliphatic hydroxyl groups excluding tert-OH is 3. The van der Waals surface area contributed by atoms with Crippen LogP contribution in [0.4, 0.5) is 0 Å². The molecule has 2 bridgehead atoms. The van der Waals surface area contributed by atoms with Gasteiger partial charge in [0.05, 0.1) is 12.0 Å². The van der Waals surface area contributed by atoms with Gasteiger partial charge in [0, 0.05) is 5.92 Å². The second kappa shape index (κ2) is 4.83. The first kappa shape index (κ1) is 17.4. The van der Waals surface area contributed by atoms with Gasteiger partial charge in [0.25, 0.3) is 0 Å². The monoisotopic (exact) mass is 348 g/mol. The maximum Gasteiger partial charge on any atom is 0.153 e. The Bertz CT molecular complexity index is 707. The number of ketones is 1. The summed E-state index contributed by atoms with van der Waals surface area (Å²) < 4.78 is 0. The Morgan fingerprint density at radius 1 is 1.24 bits per heavy atom. The lowest BCUT2D eigenvalue weighted by molar-refractivity contribution is -0.190. The van der Waals surface area contributed by atoms with E-state index in [1.807, 2.05) is 6.92 Å². The molecule has 0 saturated heterocycles. The topological polar surface area (TPSA) is 98.0 Å². The van der Waals surface area contributed by atoms with Gasteiger partial charge in [-0.25, -0.2) is 0 Å². The van der Waals surface area contributed by atoms with Crippen LogP contribution in [0.1, 0.15) is 34.1 Å². The van der Waals surface area contributed by atoms with Gasteiger partial charge in [-0.1, -0.05) is 32.9 Å². The Hall–Kier alpha value is -1.01. The van der Waals surface area contributed by atoms with Crippen molar-refractivity contribution in [2.45, 2.75) is 51.9 Å². The zero-order valence-corrected chi connectivity index (χ0v) is 15.2. The van der Waals surface area contributed by atoms with E-state index in [1.165, 1.54) is 0 Å². The summed E-state index contributed by atoms with van der Waals surface area (Å²) in [5, 5.41) is 43.0. The Morgan fingerprint density at radius 2 is 1.88 bits per heavy atom. The molecule has 8 atom stereocenters. The number of Topliss-reactive ketones (excluding diaryl/α,β-unsaturated/α-hetero) is 1. The fourth-order valence-electron chi connectivity index (χ4n) is 6.43. The molecular weight excluding hydrogens is 320 g/mol. The van der Waals surface area contributed by atoms with E-state index in [9.17, 15) is 25.2 Å². The molecule has 4 rings (SSSR count). The van der Waals surface area contributed by atoms with E-state index >= 15 is 0 Å². The van der Waals surface area contributed by atoms with Gasteiger partial charge < -0.3 is 20.4 Å². The highest BCUT2D eigenvalue weighted by Gasteiger charge is 2.75. The van der Waals surface area contributed by atoms with E-state index in [2.05, 4.69) is 13.8 Å². The highest BCUT2D eigenvalue weighted by Crippen LogP contribution is 2.71. The smallest absolute Gasteiger partial charge is 0.153 e. The molecule has 4 N–H and O–H groups in total. The van der Waals surface area contributed by atoms with Crippen molar-refractivity contribution in [3.8, 4) is 0 Å². The number of hydrogen-bond acceptors (Lipinski definition) is 5. The summed E-state index contributed by atoms with van der Waals surface area (Å²) in [6.07, 6.45) is 1.34. The van der Waals surface area contributed by atoms with Crippen LogP contribution >= 0.6 is 0 Å². The summed E-state index contributed by atoms with van der Waals surface area (Å²) in [7, 11) is 0. The van der Waals surface area contributed by atoms with Crippen molar-refractivity contribution in [3.05, 3.63) is 23.3 Å². The third kappa shape index (κ3) is 1.71. The van der Waals surface area contributed by atoms with Crippen molar-refractivity contribution in [2.24, 2.45) is 34.5 Å². The van der Waals surface area contributed by atoms with E-state index in [0.29, 0.717) is 11.5 Å². The van der Waals surface area contributed by atoms with Crippen molar-refractivity contribution in [1.82, 2.24) is 0 Å². The van der Waals surface area contributed by atoms with Crippen LogP contribution in [0.5, 0.6) is 0 Å². The maximum atomic E-state index is 13.7. The van der Waals surface area contributed by atoms with Crippen LogP contribution < -0.4 is 0 Å². The maximum absolute atomic E-state index is 13.7. The van der Waals surface area contributed by atoms with Gasteiger partial charge in [-0.15, -0.1) is 0 Å². The van der Waals surface area contributed by atoms with Crippen LogP contribution in [0, 0.1) is 34.5 Å². The van der Waals surface area contributed by atoms with E-state index in [0.717, 1.165) is 6.42 Å². The van der Waals surface area contributed by atoms with Gasteiger partial charge in [-0.05, 0) is 47.7 Å². The molecule has 0 aromatic rings. The molecule has 2 saturated carbocycles. The summed E-state index contributed by atoms with van der Waals surface area (Å²) in [5.74, 6) is -0.288. The van der Waals surface area contributed by atoms with Gasteiger partial charge >= 0.3 is 0 Å². The van der Waals surface area contributed by atoms with Crippen molar-refractivity contribution in [1.29, 1.82) is 0 Å². The third-order valence-corrected chi connectivity index (χ3v) is 7.93. The first-order valence-corrected chi connectivity index (χ1v) is 9.18. The minimum atomic E-state index is -2.03. The summed E-state index contributed by atoms with van der Waals surface area (Å²) >= 11 is 0. The molecule has 4 aliphatic carbocycles. The highest BCUT2D eigenvalue weighted by atomic mass is 16.4. The minimum absolute atomic E-state index is 0.0245. The van der Waals surface area contributed by atoms with Crippen molar-refractivity contribution in [2.75, 3.05) is 6.61 Å². The van der Waals surface area contributed by atoms with E-state index in [-0.39, 0.29) is 28.6 Å². The Morgan fingerprint density at radius 3 is 2.48 bits per heavy atom. The zero-order chi connectivity index (χ0) is 18.5. The lowest BCUT2D eigenvalue weighted by atomic mass is 9.59. The summed E-state index contributed by atoms with van der Waals surface area (Å²) in [6.45, 7) is 7.50. The van der Waals surface area contributed by atoms with Gasteiger partial charge in [0.1, 0.15) is 17.8 Å². The second-order valence-corrected chi connectivity index (χ2v) is 9.27. The Kier molecular flexibility index (Phi) is 3.36. The molecule has 138 valence electrons. The molecule has 1 spiro atoms. The normalized spacial score (nSPS) is 53.2. The van der Waals surface area contributed by atoms with Crippen molar-refractivity contribution >= 4 is 5.78 Å². The van der Waals surface area contributed by atoms with Crippen LogP contribution in [0.2, 0.25) is 0 Å². The first-order valence-electron chi connectivity index (χ1n) is 9.18. The molecule has 25 heavy (non-hydrogen) atoms. The highest BCUT2D eigenvalue weighted by molar-refractivity contribution is 5.95. The number of aliphatic hydroxyl groups is 4. The predicted octanol–water partition coefficient (Wildman–Crippen LogP) is 0.815. The molecule has 1 unspecified atom stereocenters. The third-order valence-electron chi connectivity index (χ3n) is 7.93. The average Bonchev–Trinajstić information content (AvgIpc) is 3.05. The second-order valence-electron chi connectivity index (χ2n) is 9.27. The molecule has 4 aliphatic rings. The van der Waals surface area contributed by atoms with Gasteiger partial charge in [0.2, 0.25) is 0 Å². The van der Waals surface area contributed by atoms with Crippen LogP contribution in [0.15, 0.2) is 23.3 Å².